The van der Waals surface area contributed by atoms with Gasteiger partial charge in [-0.3, -0.25) is 14.5 Å². The molecule has 1 aliphatic rings. The van der Waals surface area contributed by atoms with Gasteiger partial charge in [-0.1, -0.05) is 17.3 Å². The average molecular weight is 375 g/mol. The van der Waals surface area contributed by atoms with Crippen LogP contribution in [0, 0.1) is 12.7 Å². The third-order valence-corrected chi connectivity index (χ3v) is 4.40. The van der Waals surface area contributed by atoms with Crippen molar-refractivity contribution in [2.45, 2.75) is 19.9 Å². The first kappa shape index (κ1) is 19.0. The predicted molar refractivity (Wildman–Crippen MR) is 94.2 cm³/mol. The standard InChI is InChI=1S/C18H22FN5O3/c1-13-21-16(22-27-13)12-23-8-10-24(11-9-23)17(25)6-7-20-18(26)14-4-2-3-5-15(14)19/h2-5H,6-12H2,1H3,(H,20,26). The highest BCUT2D eigenvalue weighted by atomic mass is 19.1. The number of rotatable bonds is 6. The second-order valence-corrected chi connectivity index (χ2v) is 6.37. The lowest BCUT2D eigenvalue weighted by atomic mass is 10.2. The van der Waals surface area contributed by atoms with Gasteiger partial charge in [0.1, 0.15) is 5.82 Å². The number of carbonyl (C=O) groups excluding carboxylic acids is 2. The van der Waals surface area contributed by atoms with Gasteiger partial charge >= 0.3 is 0 Å². The van der Waals surface area contributed by atoms with E-state index in [2.05, 4.69) is 20.4 Å². The lowest BCUT2D eigenvalue weighted by molar-refractivity contribution is -0.132. The van der Waals surface area contributed by atoms with Crippen LogP contribution in [0.5, 0.6) is 0 Å². The Hall–Kier alpha value is -2.81. The van der Waals surface area contributed by atoms with Gasteiger partial charge in [-0.2, -0.15) is 4.98 Å². The minimum Gasteiger partial charge on any atom is -0.351 e. The summed E-state index contributed by atoms with van der Waals surface area (Å²) in [5, 5.41) is 6.47. The van der Waals surface area contributed by atoms with E-state index in [-0.39, 0.29) is 24.4 Å². The second-order valence-electron chi connectivity index (χ2n) is 6.37. The average Bonchev–Trinajstić information content (AvgIpc) is 3.07. The number of carbonyl (C=O) groups is 2. The topological polar surface area (TPSA) is 91.6 Å². The Morgan fingerprint density at radius 2 is 1.96 bits per heavy atom. The van der Waals surface area contributed by atoms with Gasteiger partial charge < -0.3 is 14.7 Å². The molecule has 2 amide bonds. The molecule has 27 heavy (non-hydrogen) atoms. The number of hydrogen-bond donors (Lipinski definition) is 1. The van der Waals surface area contributed by atoms with E-state index in [1.807, 2.05) is 0 Å². The van der Waals surface area contributed by atoms with Gasteiger partial charge in [0.05, 0.1) is 12.1 Å². The van der Waals surface area contributed by atoms with Crippen LogP contribution in [-0.4, -0.2) is 64.5 Å². The molecule has 0 atom stereocenters. The summed E-state index contributed by atoms with van der Waals surface area (Å²) in [6.45, 7) is 5.18. The van der Waals surface area contributed by atoms with Crippen molar-refractivity contribution in [2.75, 3.05) is 32.7 Å². The molecular formula is C18H22FN5O3. The zero-order valence-electron chi connectivity index (χ0n) is 15.2. The van der Waals surface area contributed by atoms with E-state index in [1.54, 1.807) is 17.9 Å². The molecule has 2 aromatic rings. The number of benzene rings is 1. The monoisotopic (exact) mass is 375 g/mol. The number of nitrogens with zero attached hydrogens (tertiary/aromatic N) is 4. The molecule has 3 rings (SSSR count). The molecule has 9 heteroatoms. The summed E-state index contributed by atoms with van der Waals surface area (Å²) in [5.41, 5.74) is -0.0183. The maximum absolute atomic E-state index is 13.6. The van der Waals surface area contributed by atoms with Crippen molar-refractivity contribution in [1.29, 1.82) is 0 Å². The molecule has 0 saturated carbocycles. The van der Waals surface area contributed by atoms with Crippen LogP contribution in [0.15, 0.2) is 28.8 Å². The molecular weight excluding hydrogens is 353 g/mol. The Morgan fingerprint density at radius 1 is 1.22 bits per heavy atom. The predicted octanol–water partition coefficient (Wildman–Crippen LogP) is 0.981. The summed E-state index contributed by atoms with van der Waals surface area (Å²) >= 11 is 0. The van der Waals surface area contributed by atoms with Gasteiger partial charge in [-0.15, -0.1) is 0 Å². The number of piperazine rings is 1. The molecule has 0 spiro atoms. The first-order chi connectivity index (χ1) is 13.0. The molecule has 1 fully saturated rings. The molecule has 0 bridgehead atoms. The van der Waals surface area contributed by atoms with Gasteiger partial charge in [-0.25, -0.2) is 4.39 Å². The van der Waals surface area contributed by atoms with Gasteiger partial charge in [0, 0.05) is 46.1 Å². The smallest absolute Gasteiger partial charge is 0.254 e. The van der Waals surface area contributed by atoms with E-state index in [1.165, 1.54) is 18.2 Å². The largest absolute Gasteiger partial charge is 0.351 e. The Kier molecular flexibility index (Phi) is 6.12. The molecule has 0 radical (unpaired) electrons. The van der Waals surface area contributed by atoms with E-state index in [4.69, 9.17) is 4.52 Å². The summed E-state index contributed by atoms with van der Waals surface area (Å²) in [6.07, 6.45) is 0.185. The first-order valence-electron chi connectivity index (χ1n) is 8.85. The van der Waals surface area contributed by atoms with Crippen molar-refractivity contribution in [1.82, 2.24) is 25.3 Å². The fraction of sp³-hybridized carbons (Fsp3) is 0.444. The molecule has 8 nitrogen and oxygen atoms in total. The fourth-order valence-electron chi connectivity index (χ4n) is 2.94. The summed E-state index contributed by atoms with van der Waals surface area (Å²) in [4.78, 5) is 32.3. The number of aromatic nitrogens is 2. The zero-order valence-corrected chi connectivity index (χ0v) is 15.2. The Balaban J connectivity index is 1.38. The van der Waals surface area contributed by atoms with Crippen LogP contribution in [-0.2, 0) is 11.3 Å². The van der Waals surface area contributed by atoms with Crippen LogP contribution in [0.2, 0.25) is 0 Å². The molecule has 0 unspecified atom stereocenters. The van der Waals surface area contributed by atoms with Crippen molar-refractivity contribution in [3.8, 4) is 0 Å². The van der Waals surface area contributed by atoms with Crippen LogP contribution in [0.3, 0.4) is 0 Å². The normalized spacial score (nSPS) is 15.0. The van der Waals surface area contributed by atoms with E-state index in [9.17, 15) is 14.0 Å². The van der Waals surface area contributed by atoms with Crippen LogP contribution in [0.1, 0.15) is 28.5 Å². The summed E-state index contributed by atoms with van der Waals surface area (Å²) < 4.78 is 18.5. The van der Waals surface area contributed by atoms with Crippen LogP contribution in [0.25, 0.3) is 0 Å². The number of amides is 2. The maximum atomic E-state index is 13.6. The molecule has 1 N–H and O–H groups in total. The number of nitrogens with one attached hydrogen (secondary N) is 1. The quantitative estimate of drug-likeness (QED) is 0.809. The highest BCUT2D eigenvalue weighted by Gasteiger charge is 2.22. The van der Waals surface area contributed by atoms with E-state index >= 15 is 0 Å². The highest BCUT2D eigenvalue weighted by molar-refractivity contribution is 5.94. The Labute approximate surface area is 156 Å². The third kappa shape index (κ3) is 5.10. The second kappa shape index (κ2) is 8.72. The molecule has 1 aliphatic heterocycles. The number of aryl methyl sites for hydroxylation is 1. The molecule has 144 valence electrons. The van der Waals surface area contributed by atoms with Crippen LogP contribution < -0.4 is 5.32 Å². The Bertz CT molecular complexity index is 802. The molecule has 0 aliphatic carbocycles. The SMILES string of the molecule is Cc1nc(CN2CCN(C(=O)CCNC(=O)c3ccccc3F)CC2)no1. The van der Waals surface area contributed by atoms with E-state index in [0.717, 1.165) is 13.1 Å². The lowest BCUT2D eigenvalue weighted by Gasteiger charge is -2.34. The summed E-state index contributed by atoms with van der Waals surface area (Å²) in [7, 11) is 0. The van der Waals surface area contributed by atoms with E-state index < -0.39 is 11.7 Å². The molecule has 1 saturated heterocycles. The van der Waals surface area contributed by atoms with Gasteiger partial charge in [0.15, 0.2) is 5.82 Å². The minimum atomic E-state index is -0.575. The number of hydrogen-bond acceptors (Lipinski definition) is 6. The van der Waals surface area contributed by atoms with E-state index in [0.29, 0.717) is 31.3 Å². The van der Waals surface area contributed by atoms with Crippen molar-refractivity contribution in [2.24, 2.45) is 0 Å². The zero-order chi connectivity index (χ0) is 19.2. The van der Waals surface area contributed by atoms with Gasteiger partial charge in [0.2, 0.25) is 11.8 Å². The fourth-order valence-corrected chi connectivity index (χ4v) is 2.94. The lowest BCUT2D eigenvalue weighted by Crippen LogP contribution is -2.48. The van der Waals surface area contributed by atoms with Gasteiger partial charge in [0.25, 0.3) is 5.91 Å². The summed E-state index contributed by atoms with van der Waals surface area (Å²) in [6, 6.07) is 5.76. The Morgan fingerprint density at radius 3 is 2.63 bits per heavy atom. The molecule has 2 heterocycles. The van der Waals surface area contributed by atoms with Crippen LogP contribution in [0.4, 0.5) is 4.39 Å². The van der Waals surface area contributed by atoms with Crippen molar-refractivity contribution in [3.05, 3.63) is 47.4 Å². The van der Waals surface area contributed by atoms with Gasteiger partial charge in [-0.05, 0) is 12.1 Å². The first-order valence-corrected chi connectivity index (χ1v) is 8.85. The van der Waals surface area contributed by atoms with Crippen molar-refractivity contribution >= 4 is 11.8 Å². The van der Waals surface area contributed by atoms with Crippen LogP contribution >= 0.6 is 0 Å². The highest BCUT2D eigenvalue weighted by Crippen LogP contribution is 2.08. The maximum Gasteiger partial charge on any atom is 0.254 e. The minimum absolute atomic E-state index is 0.0183. The summed E-state index contributed by atoms with van der Waals surface area (Å²) in [5.74, 6) is 0.0636. The number of halogens is 1. The van der Waals surface area contributed by atoms with Crippen molar-refractivity contribution in [3.63, 3.8) is 0 Å². The molecule has 1 aromatic heterocycles. The van der Waals surface area contributed by atoms with Crippen molar-refractivity contribution < 1.29 is 18.5 Å². The third-order valence-electron chi connectivity index (χ3n) is 4.40. The molecule has 1 aromatic carbocycles.